The van der Waals surface area contributed by atoms with Crippen molar-refractivity contribution in [3.8, 4) is 11.5 Å². The highest BCUT2D eigenvalue weighted by atomic mass is 16.5. The van der Waals surface area contributed by atoms with Gasteiger partial charge in [0.25, 0.3) is 5.91 Å². The molecule has 3 aromatic rings. The summed E-state index contributed by atoms with van der Waals surface area (Å²) in [5.41, 5.74) is 1.05. The molecule has 0 radical (unpaired) electrons. The smallest absolute Gasteiger partial charge is 0.268 e. The molecule has 1 aromatic carbocycles. The number of hydrogen-bond donors (Lipinski definition) is 3. The zero-order valence-electron chi connectivity index (χ0n) is 15.3. The lowest BCUT2D eigenvalue weighted by Crippen LogP contribution is -2.44. The maximum atomic E-state index is 12.5. The summed E-state index contributed by atoms with van der Waals surface area (Å²) < 4.78 is 15.8. The standard InChI is InChI=1S/C19H21N3O5/c1-11(18(23)20-10-12-5-4-8-27-12)21-19(24)15-9-13-14(22-15)6-7-16(25-2)17(13)26-3/h4-9,11,22H,10H2,1-3H3,(H,20,23)(H,21,24)/t11-/m0/s1. The number of benzene rings is 1. The minimum Gasteiger partial charge on any atom is -0.493 e. The lowest BCUT2D eigenvalue weighted by atomic mass is 10.2. The summed E-state index contributed by atoms with van der Waals surface area (Å²) in [5, 5.41) is 6.09. The molecule has 3 N–H and O–H groups in total. The Morgan fingerprint density at radius 3 is 2.70 bits per heavy atom. The van der Waals surface area contributed by atoms with Gasteiger partial charge in [-0.2, -0.15) is 0 Å². The number of amides is 2. The van der Waals surface area contributed by atoms with Gasteiger partial charge >= 0.3 is 0 Å². The number of ether oxygens (including phenoxy) is 2. The molecule has 0 aliphatic heterocycles. The van der Waals surface area contributed by atoms with Crippen molar-refractivity contribution in [3.63, 3.8) is 0 Å². The molecule has 27 heavy (non-hydrogen) atoms. The third kappa shape index (κ3) is 3.89. The van der Waals surface area contributed by atoms with Crippen LogP contribution in [0.5, 0.6) is 11.5 Å². The van der Waals surface area contributed by atoms with Gasteiger partial charge in [-0.25, -0.2) is 0 Å². The fourth-order valence-electron chi connectivity index (χ4n) is 2.73. The molecule has 0 aliphatic rings. The van der Waals surface area contributed by atoms with Gasteiger partial charge in [0.05, 0.1) is 32.5 Å². The summed E-state index contributed by atoms with van der Waals surface area (Å²) in [6.07, 6.45) is 1.53. The molecule has 0 spiro atoms. The zero-order valence-corrected chi connectivity index (χ0v) is 15.3. The van der Waals surface area contributed by atoms with Gasteiger partial charge in [0, 0.05) is 5.39 Å². The van der Waals surface area contributed by atoms with Crippen LogP contribution in [0.25, 0.3) is 10.9 Å². The van der Waals surface area contributed by atoms with E-state index in [-0.39, 0.29) is 12.5 Å². The average molecular weight is 371 g/mol. The van der Waals surface area contributed by atoms with Crippen LogP contribution in [0.3, 0.4) is 0 Å². The number of aromatic amines is 1. The Balaban J connectivity index is 1.69. The SMILES string of the molecule is COc1ccc2[nH]c(C(=O)N[C@@H](C)C(=O)NCc3ccco3)cc2c1OC. The van der Waals surface area contributed by atoms with Crippen molar-refractivity contribution >= 4 is 22.7 Å². The van der Waals surface area contributed by atoms with Crippen LogP contribution in [0, 0.1) is 0 Å². The lowest BCUT2D eigenvalue weighted by Gasteiger charge is -2.13. The Kier molecular flexibility index (Phi) is 5.35. The third-order valence-electron chi connectivity index (χ3n) is 4.14. The van der Waals surface area contributed by atoms with Crippen molar-refractivity contribution in [2.75, 3.05) is 14.2 Å². The Labute approximate surface area is 155 Å². The number of aromatic nitrogens is 1. The van der Waals surface area contributed by atoms with E-state index in [2.05, 4.69) is 15.6 Å². The third-order valence-corrected chi connectivity index (χ3v) is 4.14. The van der Waals surface area contributed by atoms with Crippen molar-refractivity contribution < 1.29 is 23.5 Å². The monoisotopic (exact) mass is 371 g/mol. The van der Waals surface area contributed by atoms with Gasteiger partial charge in [0.15, 0.2) is 11.5 Å². The highest BCUT2D eigenvalue weighted by Crippen LogP contribution is 2.35. The van der Waals surface area contributed by atoms with Crippen LogP contribution in [-0.2, 0) is 11.3 Å². The molecule has 2 aromatic heterocycles. The van der Waals surface area contributed by atoms with Crippen LogP contribution in [0.1, 0.15) is 23.2 Å². The molecule has 1 atom stereocenters. The number of carbonyl (C=O) groups is 2. The summed E-state index contributed by atoms with van der Waals surface area (Å²) in [5.74, 6) is 1.04. The second-order valence-corrected chi connectivity index (χ2v) is 5.94. The van der Waals surface area contributed by atoms with Crippen LogP contribution < -0.4 is 20.1 Å². The van der Waals surface area contributed by atoms with Crippen molar-refractivity contribution in [1.82, 2.24) is 15.6 Å². The number of methoxy groups -OCH3 is 2. The molecule has 8 nitrogen and oxygen atoms in total. The van der Waals surface area contributed by atoms with Gasteiger partial charge in [0.2, 0.25) is 5.91 Å². The minimum atomic E-state index is -0.713. The van der Waals surface area contributed by atoms with Crippen LogP contribution in [0.15, 0.2) is 41.0 Å². The minimum absolute atomic E-state index is 0.259. The number of rotatable bonds is 7. The fraction of sp³-hybridized carbons (Fsp3) is 0.263. The van der Waals surface area contributed by atoms with E-state index >= 15 is 0 Å². The molecule has 0 bridgehead atoms. The normalized spacial score (nSPS) is 11.8. The average Bonchev–Trinajstić information content (AvgIpc) is 3.34. The number of nitrogens with one attached hydrogen (secondary N) is 3. The number of hydrogen-bond acceptors (Lipinski definition) is 5. The van der Waals surface area contributed by atoms with Gasteiger partial charge in [-0.05, 0) is 37.3 Å². The second kappa shape index (κ2) is 7.86. The van der Waals surface area contributed by atoms with Crippen LogP contribution >= 0.6 is 0 Å². The topological polar surface area (TPSA) is 106 Å². The van der Waals surface area contributed by atoms with Crippen molar-refractivity contribution in [1.29, 1.82) is 0 Å². The molecule has 0 fully saturated rings. The quantitative estimate of drug-likeness (QED) is 0.590. The molecule has 2 heterocycles. The van der Waals surface area contributed by atoms with Crippen LogP contribution in [-0.4, -0.2) is 37.1 Å². The summed E-state index contributed by atoms with van der Waals surface area (Å²) >= 11 is 0. The molecule has 3 rings (SSSR count). The maximum absolute atomic E-state index is 12.5. The largest absolute Gasteiger partial charge is 0.493 e. The maximum Gasteiger partial charge on any atom is 0.268 e. The molecule has 0 unspecified atom stereocenters. The Bertz CT molecular complexity index is 946. The number of furan rings is 1. The number of carbonyl (C=O) groups excluding carboxylic acids is 2. The van der Waals surface area contributed by atoms with Gasteiger partial charge in [-0.1, -0.05) is 0 Å². The second-order valence-electron chi connectivity index (χ2n) is 5.94. The van der Waals surface area contributed by atoms with E-state index in [0.29, 0.717) is 23.0 Å². The fourth-order valence-corrected chi connectivity index (χ4v) is 2.73. The number of H-pyrrole nitrogens is 1. The van der Waals surface area contributed by atoms with E-state index in [4.69, 9.17) is 13.9 Å². The van der Waals surface area contributed by atoms with Gasteiger partial charge < -0.3 is 29.5 Å². The summed E-state index contributed by atoms with van der Waals surface area (Å²) in [4.78, 5) is 27.7. The highest BCUT2D eigenvalue weighted by molar-refractivity contribution is 6.02. The first kappa shape index (κ1) is 18.4. The van der Waals surface area contributed by atoms with Crippen LogP contribution in [0.2, 0.25) is 0 Å². The van der Waals surface area contributed by atoms with E-state index in [1.54, 1.807) is 44.4 Å². The zero-order chi connectivity index (χ0) is 19.4. The Morgan fingerprint density at radius 1 is 1.22 bits per heavy atom. The first-order chi connectivity index (χ1) is 13.0. The molecule has 0 aliphatic carbocycles. The molecule has 8 heteroatoms. The van der Waals surface area contributed by atoms with E-state index in [9.17, 15) is 9.59 Å². The van der Waals surface area contributed by atoms with Gasteiger partial charge in [-0.3, -0.25) is 9.59 Å². The van der Waals surface area contributed by atoms with Crippen molar-refractivity contribution in [2.24, 2.45) is 0 Å². The number of fused-ring (bicyclic) bond motifs is 1. The van der Waals surface area contributed by atoms with Crippen molar-refractivity contribution in [2.45, 2.75) is 19.5 Å². The molecular formula is C19H21N3O5. The first-order valence-electron chi connectivity index (χ1n) is 8.38. The molecule has 0 saturated heterocycles. The van der Waals surface area contributed by atoms with E-state index in [1.807, 2.05) is 0 Å². The molecule has 142 valence electrons. The predicted octanol–water partition coefficient (Wildman–Crippen LogP) is 2.21. The predicted molar refractivity (Wildman–Crippen MR) is 98.9 cm³/mol. The van der Waals surface area contributed by atoms with Gasteiger partial charge in [-0.15, -0.1) is 0 Å². The van der Waals surface area contributed by atoms with E-state index in [0.717, 1.165) is 10.9 Å². The Hall–Kier alpha value is -3.42. The Morgan fingerprint density at radius 2 is 2.04 bits per heavy atom. The first-order valence-corrected chi connectivity index (χ1v) is 8.38. The molecule has 0 saturated carbocycles. The molecular weight excluding hydrogens is 350 g/mol. The van der Waals surface area contributed by atoms with Crippen molar-refractivity contribution in [3.05, 3.63) is 48.0 Å². The highest BCUT2D eigenvalue weighted by Gasteiger charge is 2.19. The van der Waals surface area contributed by atoms with E-state index < -0.39 is 11.9 Å². The summed E-state index contributed by atoms with van der Waals surface area (Å²) in [7, 11) is 3.09. The van der Waals surface area contributed by atoms with E-state index in [1.165, 1.54) is 13.4 Å². The molecule has 2 amide bonds. The summed E-state index contributed by atoms with van der Waals surface area (Å²) in [6, 6.07) is 8.01. The lowest BCUT2D eigenvalue weighted by molar-refractivity contribution is -0.122. The van der Waals surface area contributed by atoms with Crippen LogP contribution in [0.4, 0.5) is 0 Å². The summed E-state index contributed by atoms with van der Waals surface area (Å²) in [6.45, 7) is 1.87. The van der Waals surface area contributed by atoms with Gasteiger partial charge in [0.1, 0.15) is 17.5 Å².